The number of benzene rings is 4. The average molecular weight is 719 g/mol. The summed E-state index contributed by atoms with van der Waals surface area (Å²) in [4.78, 5) is 7.07. The van der Waals surface area contributed by atoms with Crippen LogP contribution in [0.5, 0.6) is 5.75 Å². The number of nitrogens with two attached hydrogens (primary N) is 1. The summed E-state index contributed by atoms with van der Waals surface area (Å²) >= 11 is 0. The number of hydrogen-bond acceptors (Lipinski definition) is 17. The Morgan fingerprint density at radius 1 is 0.674 bits per heavy atom. The van der Waals surface area contributed by atoms with Crippen LogP contribution in [0.4, 0.5) is 34.1 Å². The molecule has 0 aliphatic heterocycles. The Hall–Kier alpha value is -1.93. The van der Waals surface area contributed by atoms with Crippen LogP contribution < -0.4 is 94.4 Å². The van der Waals surface area contributed by atoms with Gasteiger partial charge in [0.1, 0.15) is 41.7 Å². The van der Waals surface area contributed by atoms with Crippen LogP contribution in [-0.4, -0.2) is 48.9 Å². The minimum Gasteiger partial charge on any atom is -0.744 e. The first-order valence-electron chi connectivity index (χ1n) is 11.1. The molecule has 0 aromatic heterocycles. The summed E-state index contributed by atoms with van der Waals surface area (Å²) in [6.07, 6.45) is 0. The number of hydrogen-bond donors (Lipinski definition) is 2. The molecule has 0 amide bonds. The van der Waals surface area contributed by atoms with E-state index in [1.165, 1.54) is 0 Å². The topological polar surface area (TPSA) is 310 Å². The summed E-state index contributed by atoms with van der Waals surface area (Å²) in [5.74, 6) is -1.14. The number of anilines is 1. The van der Waals surface area contributed by atoms with E-state index in [1.54, 1.807) is 0 Å². The van der Waals surface area contributed by atoms with Crippen molar-refractivity contribution >= 4 is 75.3 Å². The number of fused-ring (bicyclic) bond motifs is 1. The maximum Gasteiger partial charge on any atom is 1.00 e. The number of rotatable bonds is 8. The Kier molecular flexibility index (Phi) is 14.6. The summed E-state index contributed by atoms with van der Waals surface area (Å²) in [6.45, 7) is 0. The number of nitrogens with zero attached hydrogens (tertiary/aromatic N) is 5. The van der Waals surface area contributed by atoms with Crippen molar-refractivity contribution in [3.05, 3.63) is 70.8 Å². The van der Waals surface area contributed by atoms with Gasteiger partial charge in [0, 0.05) is 12.1 Å². The first kappa shape index (κ1) is 42.1. The zero-order chi connectivity index (χ0) is 31.9. The Morgan fingerprint density at radius 2 is 1.17 bits per heavy atom. The van der Waals surface area contributed by atoms with Crippen molar-refractivity contribution in [2.24, 2.45) is 20.5 Å². The van der Waals surface area contributed by atoms with Crippen molar-refractivity contribution in [2.45, 2.75) is 14.7 Å². The fourth-order valence-corrected chi connectivity index (χ4v) is 5.46. The van der Waals surface area contributed by atoms with Gasteiger partial charge in [0.2, 0.25) is 0 Å². The Bertz CT molecular complexity index is 2220. The van der Waals surface area contributed by atoms with Gasteiger partial charge in [-0.3, -0.25) is 10.1 Å². The standard InChI is InChI=1S/C22H16N6O12S3.3Na/c23-19-18-11(8-16(42(35,36)37)20(19)26-24-12-4-6-14(7-5-12)28(30)31)9-17(43(38,39)40)21(22(18)29)27-25-13-2-1-3-15(10-13)41(32,33)34;;;/h1-10,29H,23H2,(H,32,33,34)(H,35,36,37)(H,38,39,40);;;/q;3*+1/p-3. The van der Waals surface area contributed by atoms with Crippen LogP contribution in [0.3, 0.4) is 0 Å². The van der Waals surface area contributed by atoms with Crippen molar-refractivity contribution in [1.82, 2.24) is 0 Å². The zero-order valence-corrected chi connectivity index (χ0v) is 32.2. The number of nitro benzene ring substituents is 1. The molecule has 24 heteroatoms. The molecule has 0 atom stereocenters. The van der Waals surface area contributed by atoms with Crippen LogP contribution in [0.15, 0.2) is 95.8 Å². The van der Waals surface area contributed by atoms with Crippen LogP contribution in [-0.2, 0) is 30.4 Å². The monoisotopic (exact) mass is 718 g/mol. The molecule has 18 nitrogen and oxygen atoms in total. The molecule has 4 aromatic rings. The van der Waals surface area contributed by atoms with Gasteiger partial charge in [0.05, 0.1) is 42.1 Å². The van der Waals surface area contributed by atoms with Crippen molar-refractivity contribution in [1.29, 1.82) is 0 Å². The second kappa shape index (κ2) is 16.0. The Labute approximate surface area is 326 Å². The molecule has 0 bridgehead atoms. The van der Waals surface area contributed by atoms with Crippen molar-refractivity contribution in [3.8, 4) is 5.75 Å². The van der Waals surface area contributed by atoms with Gasteiger partial charge in [-0.05, 0) is 47.9 Å². The molecule has 0 saturated heterocycles. The molecule has 0 unspecified atom stereocenters. The van der Waals surface area contributed by atoms with E-state index in [-0.39, 0.29) is 106 Å². The van der Waals surface area contributed by atoms with Crippen LogP contribution in [0.25, 0.3) is 10.8 Å². The normalized spacial score (nSPS) is 12.0. The SMILES string of the molecule is Nc1c(N=Nc2ccc([N+](=O)[O-])cc2)c(S(=O)(=O)[O-])cc2cc(S(=O)(=O)[O-])c(N=Nc3cccc(S(=O)(=O)[O-])c3)c(O)c12.[Na+].[Na+].[Na+]. The van der Waals surface area contributed by atoms with E-state index in [0.29, 0.717) is 12.1 Å². The molecule has 4 rings (SSSR count). The molecule has 3 N–H and O–H groups in total. The number of aromatic hydroxyl groups is 1. The van der Waals surface area contributed by atoms with E-state index in [1.807, 2.05) is 0 Å². The predicted octanol–water partition coefficient (Wildman–Crippen LogP) is -5.41. The molecule has 0 radical (unpaired) electrons. The van der Waals surface area contributed by atoms with Gasteiger partial charge in [-0.15, -0.1) is 10.2 Å². The zero-order valence-electron chi connectivity index (χ0n) is 23.7. The smallest absolute Gasteiger partial charge is 0.744 e. The molecular weight excluding hydrogens is 705 g/mol. The quantitative estimate of drug-likeness (QED) is 0.0430. The number of non-ortho nitro benzene ring substituents is 1. The van der Waals surface area contributed by atoms with Crippen LogP contribution >= 0.6 is 0 Å². The molecule has 0 spiro atoms. The summed E-state index contributed by atoms with van der Waals surface area (Å²) in [5, 5.41) is 35.2. The van der Waals surface area contributed by atoms with Crippen molar-refractivity contribution < 1.29 is 138 Å². The van der Waals surface area contributed by atoms with Crippen molar-refractivity contribution in [3.63, 3.8) is 0 Å². The summed E-state index contributed by atoms with van der Waals surface area (Å²) in [7, 11) is -15.8. The molecule has 0 aliphatic carbocycles. The molecular formula is C22H13N6Na3O12S3. The molecule has 0 saturated carbocycles. The van der Waals surface area contributed by atoms with Gasteiger partial charge in [0.15, 0.2) is 5.75 Å². The van der Waals surface area contributed by atoms with Gasteiger partial charge in [-0.2, -0.15) is 10.2 Å². The number of phenols is 1. The third-order valence-electron chi connectivity index (χ3n) is 5.55. The van der Waals surface area contributed by atoms with Crippen molar-refractivity contribution in [2.75, 3.05) is 5.73 Å². The van der Waals surface area contributed by atoms with E-state index >= 15 is 0 Å². The van der Waals surface area contributed by atoms with Crippen LogP contribution in [0.2, 0.25) is 0 Å². The minimum absolute atomic E-state index is 0. The fraction of sp³-hybridized carbons (Fsp3) is 0. The molecule has 224 valence electrons. The first-order valence-corrected chi connectivity index (χ1v) is 15.3. The van der Waals surface area contributed by atoms with Gasteiger partial charge in [-0.25, -0.2) is 25.3 Å². The van der Waals surface area contributed by atoms with Gasteiger partial charge in [0.25, 0.3) is 5.69 Å². The van der Waals surface area contributed by atoms with E-state index in [0.717, 1.165) is 48.5 Å². The summed E-state index contributed by atoms with van der Waals surface area (Å²) < 4.78 is 106. The average Bonchev–Trinajstić information content (AvgIpc) is 2.90. The van der Waals surface area contributed by atoms with Gasteiger partial charge >= 0.3 is 88.7 Å². The maximum absolute atomic E-state index is 12.0. The molecule has 4 aromatic carbocycles. The fourth-order valence-electron chi connectivity index (χ4n) is 3.65. The first-order chi connectivity index (χ1) is 19.9. The van der Waals surface area contributed by atoms with E-state index in [2.05, 4.69) is 20.5 Å². The summed E-state index contributed by atoms with van der Waals surface area (Å²) in [6, 6.07) is 9.50. The largest absolute Gasteiger partial charge is 1.00 e. The third kappa shape index (κ3) is 9.58. The third-order valence-corrected chi connectivity index (χ3v) is 8.08. The number of phenolic OH excluding ortho intramolecular Hbond substituents is 1. The number of nitrogen functional groups attached to an aromatic ring is 1. The molecule has 0 fully saturated rings. The van der Waals surface area contributed by atoms with Crippen LogP contribution in [0, 0.1) is 10.1 Å². The van der Waals surface area contributed by atoms with E-state index in [4.69, 9.17) is 5.73 Å². The van der Waals surface area contributed by atoms with Crippen LogP contribution in [0.1, 0.15) is 0 Å². The summed E-state index contributed by atoms with van der Waals surface area (Å²) in [5.41, 5.74) is 2.81. The van der Waals surface area contributed by atoms with Gasteiger partial charge in [-0.1, -0.05) is 6.07 Å². The Balaban J connectivity index is 0.00000353. The maximum atomic E-state index is 12.0. The molecule has 0 aliphatic rings. The molecule has 0 heterocycles. The number of nitro groups is 1. The second-order valence-electron chi connectivity index (χ2n) is 8.34. The van der Waals surface area contributed by atoms with E-state index in [9.17, 15) is 54.1 Å². The second-order valence-corrected chi connectivity index (χ2v) is 12.4. The Morgan fingerprint density at radius 3 is 1.67 bits per heavy atom. The molecule has 46 heavy (non-hydrogen) atoms. The van der Waals surface area contributed by atoms with Gasteiger partial charge < -0.3 is 24.5 Å². The number of azo groups is 2. The van der Waals surface area contributed by atoms with E-state index < -0.39 is 83.5 Å². The minimum atomic E-state index is -5.48. The predicted molar refractivity (Wildman–Crippen MR) is 142 cm³/mol.